The predicted molar refractivity (Wildman–Crippen MR) is 73.6 cm³/mol. The van der Waals surface area contributed by atoms with Crippen LogP contribution in [0.15, 0.2) is 24.3 Å². The van der Waals surface area contributed by atoms with Gasteiger partial charge in [-0.25, -0.2) is 0 Å². The second kappa shape index (κ2) is 8.56. The third kappa shape index (κ3) is 5.71. The van der Waals surface area contributed by atoms with Crippen LogP contribution in [0.2, 0.25) is 0 Å². The molecule has 96 valence electrons. The Kier molecular flexibility index (Phi) is 6.92. The number of hydrogen-bond donors (Lipinski definition) is 1. The first-order valence-corrected chi connectivity index (χ1v) is 6.78. The molecule has 0 aromatic heterocycles. The van der Waals surface area contributed by atoms with Crippen molar-refractivity contribution >= 4 is 23.4 Å². The summed E-state index contributed by atoms with van der Waals surface area (Å²) in [6.07, 6.45) is 0.463. The Hall–Kier alpha value is -1.51. The lowest BCUT2D eigenvalue weighted by molar-refractivity contribution is -0.115. The first kappa shape index (κ1) is 14.6. The standard InChI is InChI=1S/C13H16N2O2S/c1-17-6-8-18-7-5-13(16)15-12-4-2-3-11(9-12)10-14/h2-4,9H,5-8H2,1H3,(H,15,16). The zero-order valence-corrected chi connectivity index (χ0v) is 11.1. The van der Waals surface area contributed by atoms with Gasteiger partial charge in [-0.15, -0.1) is 0 Å². The summed E-state index contributed by atoms with van der Waals surface area (Å²) in [5, 5.41) is 11.5. The molecule has 1 amide bonds. The van der Waals surface area contributed by atoms with Crippen molar-refractivity contribution in [1.29, 1.82) is 5.26 Å². The number of amides is 1. The molecule has 0 radical (unpaired) electrons. The van der Waals surface area contributed by atoms with Crippen LogP contribution in [0.1, 0.15) is 12.0 Å². The number of anilines is 1. The van der Waals surface area contributed by atoms with E-state index in [1.165, 1.54) is 0 Å². The number of nitrogens with one attached hydrogen (secondary N) is 1. The third-order valence-electron chi connectivity index (χ3n) is 2.18. The van der Waals surface area contributed by atoms with Gasteiger partial charge in [-0.05, 0) is 18.2 Å². The van der Waals surface area contributed by atoms with Crippen LogP contribution in [0.3, 0.4) is 0 Å². The number of nitrogens with zero attached hydrogens (tertiary/aromatic N) is 1. The molecule has 0 bridgehead atoms. The molecule has 1 aromatic carbocycles. The second-order valence-electron chi connectivity index (χ2n) is 3.60. The molecule has 0 aliphatic rings. The van der Waals surface area contributed by atoms with Crippen LogP contribution in [0.25, 0.3) is 0 Å². The first-order valence-electron chi connectivity index (χ1n) is 5.63. The molecule has 0 unspecified atom stereocenters. The molecule has 18 heavy (non-hydrogen) atoms. The summed E-state index contributed by atoms with van der Waals surface area (Å²) >= 11 is 1.69. The van der Waals surface area contributed by atoms with Gasteiger partial charge < -0.3 is 10.1 Å². The molecule has 0 spiro atoms. The average molecular weight is 264 g/mol. The van der Waals surface area contributed by atoms with Crippen LogP contribution in [0.4, 0.5) is 5.69 Å². The number of nitriles is 1. The highest BCUT2D eigenvalue weighted by Crippen LogP contribution is 2.11. The maximum Gasteiger partial charge on any atom is 0.225 e. The number of carbonyl (C=O) groups is 1. The molecule has 0 aliphatic heterocycles. The zero-order valence-electron chi connectivity index (χ0n) is 10.3. The highest BCUT2D eigenvalue weighted by atomic mass is 32.2. The Morgan fingerprint density at radius 3 is 3.06 bits per heavy atom. The number of ether oxygens (including phenoxy) is 1. The highest BCUT2D eigenvalue weighted by Gasteiger charge is 2.02. The van der Waals surface area contributed by atoms with E-state index in [1.54, 1.807) is 43.1 Å². The molecule has 0 atom stereocenters. The van der Waals surface area contributed by atoms with Gasteiger partial charge in [0, 0.05) is 30.7 Å². The Morgan fingerprint density at radius 1 is 1.50 bits per heavy atom. The quantitative estimate of drug-likeness (QED) is 0.767. The van der Waals surface area contributed by atoms with E-state index in [4.69, 9.17) is 10.00 Å². The van der Waals surface area contributed by atoms with Gasteiger partial charge in [0.15, 0.2) is 0 Å². The van der Waals surface area contributed by atoms with Crippen molar-refractivity contribution in [2.45, 2.75) is 6.42 Å². The fraction of sp³-hybridized carbons (Fsp3) is 0.385. The maximum absolute atomic E-state index is 11.6. The van der Waals surface area contributed by atoms with Gasteiger partial charge in [-0.3, -0.25) is 4.79 Å². The largest absolute Gasteiger partial charge is 0.384 e. The summed E-state index contributed by atoms with van der Waals surface area (Å²) in [6, 6.07) is 8.93. The van der Waals surface area contributed by atoms with Gasteiger partial charge in [0.1, 0.15) is 0 Å². The number of benzene rings is 1. The summed E-state index contributed by atoms with van der Waals surface area (Å²) < 4.78 is 4.92. The van der Waals surface area contributed by atoms with E-state index in [0.717, 1.165) is 11.5 Å². The van der Waals surface area contributed by atoms with Crippen molar-refractivity contribution in [2.75, 3.05) is 30.5 Å². The summed E-state index contributed by atoms with van der Waals surface area (Å²) in [5.74, 6) is 1.64. The minimum absolute atomic E-state index is 0.0324. The average Bonchev–Trinajstić information content (AvgIpc) is 2.38. The third-order valence-corrected chi connectivity index (χ3v) is 3.13. The molecular formula is C13H16N2O2S. The molecule has 1 N–H and O–H groups in total. The van der Waals surface area contributed by atoms with Crippen LogP contribution >= 0.6 is 11.8 Å². The van der Waals surface area contributed by atoms with Crippen LogP contribution in [-0.2, 0) is 9.53 Å². The Balaban J connectivity index is 2.29. The summed E-state index contributed by atoms with van der Waals surface area (Å²) in [4.78, 5) is 11.6. The van der Waals surface area contributed by atoms with Crippen LogP contribution in [0.5, 0.6) is 0 Å². The minimum Gasteiger partial charge on any atom is -0.384 e. The fourth-order valence-corrected chi connectivity index (χ4v) is 2.12. The van der Waals surface area contributed by atoms with Gasteiger partial charge in [-0.2, -0.15) is 17.0 Å². The molecule has 5 heteroatoms. The number of carbonyl (C=O) groups excluding carboxylic acids is 1. The Labute approximate surface area is 111 Å². The monoisotopic (exact) mass is 264 g/mol. The van der Waals surface area contributed by atoms with E-state index < -0.39 is 0 Å². The lowest BCUT2D eigenvalue weighted by Crippen LogP contribution is -2.12. The Bertz CT molecular complexity index is 429. The van der Waals surface area contributed by atoms with Gasteiger partial charge >= 0.3 is 0 Å². The van der Waals surface area contributed by atoms with Crippen molar-refractivity contribution < 1.29 is 9.53 Å². The van der Waals surface area contributed by atoms with Crippen molar-refractivity contribution in [2.24, 2.45) is 0 Å². The molecule has 1 rings (SSSR count). The number of thioether (sulfide) groups is 1. The summed E-state index contributed by atoms with van der Waals surface area (Å²) in [7, 11) is 1.66. The normalized spacial score (nSPS) is 9.78. The van der Waals surface area contributed by atoms with E-state index >= 15 is 0 Å². The van der Waals surface area contributed by atoms with E-state index in [0.29, 0.717) is 24.3 Å². The van der Waals surface area contributed by atoms with Gasteiger partial charge in [0.2, 0.25) is 5.91 Å². The van der Waals surface area contributed by atoms with Gasteiger partial charge in [0.05, 0.1) is 18.2 Å². The van der Waals surface area contributed by atoms with Crippen molar-refractivity contribution in [3.63, 3.8) is 0 Å². The van der Waals surface area contributed by atoms with Crippen LogP contribution in [0, 0.1) is 11.3 Å². The van der Waals surface area contributed by atoms with Crippen molar-refractivity contribution in [3.05, 3.63) is 29.8 Å². The van der Waals surface area contributed by atoms with Gasteiger partial charge in [-0.1, -0.05) is 6.07 Å². The highest BCUT2D eigenvalue weighted by molar-refractivity contribution is 7.99. The van der Waals surface area contributed by atoms with Gasteiger partial charge in [0.25, 0.3) is 0 Å². The van der Waals surface area contributed by atoms with E-state index in [9.17, 15) is 4.79 Å². The first-order chi connectivity index (χ1) is 8.76. The number of methoxy groups -OCH3 is 1. The molecule has 0 saturated carbocycles. The molecule has 0 saturated heterocycles. The second-order valence-corrected chi connectivity index (χ2v) is 4.82. The fourth-order valence-electron chi connectivity index (χ4n) is 1.30. The summed E-state index contributed by atoms with van der Waals surface area (Å²) in [5.41, 5.74) is 1.21. The molecule has 1 aromatic rings. The van der Waals surface area contributed by atoms with Crippen molar-refractivity contribution in [3.8, 4) is 6.07 Å². The molecule has 0 fully saturated rings. The van der Waals surface area contributed by atoms with Crippen molar-refractivity contribution in [1.82, 2.24) is 0 Å². The lowest BCUT2D eigenvalue weighted by Gasteiger charge is -2.05. The lowest BCUT2D eigenvalue weighted by atomic mass is 10.2. The smallest absolute Gasteiger partial charge is 0.225 e. The zero-order chi connectivity index (χ0) is 13.2. The molecule has 0 aliphatic carbocycles. The van der Waals surface area contributed by atoms with E-state index in [-0.39, 0.29) is 5.91 Å². The Morgan fingerprint density at radius 2 is 2.33 bits per heavy atom. The predicted octanol–water partition coefficient (Wildman–Crippen LogP) is 2.27. The molecule has 0 heterocycles. The van der Waals surface area contributed by atoms with E-state index in [1.807, 2.05) is 6.07 Å². The minimum atomic E-state index is -0.0324. The topological polar surface area (TPSA) is 62.1 Å². The summed E-state index contributed by atoms with van der Waals surface area (Å²) in [6.45, 7) is 0.705. The van der Waals surface area contributed by atoms with Crippen LogP contribution in [-0.4, -0.2) is 31.1 Å². The van der Waals surface area contributed by atoms with E-state index in [2.05, 4.69) is 5.32 Å². The maximum atomic E-state index is 11.6. The number of rotatable bonds is 7. The molecule has 4 nitrogen and oxygen atoms in total. The number of hydrogen-bond acceptors (Lipinski definition) is 4. The molecular weight excluding hydrogens is 248 g/mol. The SMILES string of the molecule is COCCSCCC(=O)Nc1cccc(C#N)c1. The van der Waals surface area contributed by atoms with Crippen LogP contribution < -0.4 is 5.32 Å².